The molecule has 3 heteroatoms. The van der Waals surface area contributed by atoms with Gasteiger partial charge in [0.25, 0.3) is 0 Å². The maximum Gasteiger partial charge on any atom is 0.224 e. The molecule has 0 radical (unpaired) electrons. The highest BCUT2D eigenvalue weighted by Crippen LogP contribution is 2.18. The molecule has 3 nitrogen and oxygen atoms in total. The van der Waals surface area contributed by atoms with Crippen molar-refractivity contribution in [2.75, 3.05) is 7.11 Å². The predicted octanol–water partition coefficient (Wildman–Crippen LogP) is 3.17. The molecule has 21 heavy (non-hydrogen) atoms. The highest BCUT2D eigenvalue weighted by molar-refractivity contribution is 5.78. The monoisotopic (exact) mass is 283 g/mol. The van der Waals surface area contributed by atoms with Crippen LogP contribution in [0.3, 0.4) is 0 Å². The minimum Gasteiger partial charge on any atom is -0.496 e. The van der Waals surface area contributed by atoms with Gasteiger partial charge in [-0.25, -0.2) is 0 Å². The lowest BCUT2D eigenvalue weighted by atomic mass is 10.1. The van der Waals surface area contributed by atoms with Crippen LogP contribution in [0, 0.1) is 13.8 Å². The number of hydrogen-bond acceptors (Lipinski definition) is 2. The number of amides is 1. The van der Waals surface area contributed by atoms with Crippen LogP contribution < -0.4 is 10.1 Å². The number of ether oxygens (including phenoxy) is 1. The van der Waals surface area contributed by atoms with Crippen LogP contribution in [0.2, 0.25) is 0 Å². The van der Waals surface area contributed by atoms with Gasteiger partial charge < -0.3 is 10.1 Å². The fraction of sp³-hybridized carbons (Fsp3) is 0.278. The summed E-state index contributed by atoms with van der Waals surface area (Å²) in [6.07, 6.45) is 0.386. The summed E-state index contributed by atoms with van der Waals surface area (Å²) in [7, 11) is 1.65. The lowest BCUT2D eigenvalue weighted by molar-refractivity contribution is -0.120. The van der Waals surface area contributed by atoms with E-state index in [2.05, 4.69) is 5.32 Å². The van der Waals surface area contributed by atoms with E-state index in [4.69, 9.17) is 4.74 Å². The molecular formula is C18H21NO2. The Morgan fingerprint density at radius 1 is 1.05 bits per heavy atom. The number of carbonyl (C=O) groups excluding carboxylic acids is 1. The summed E-state index contributed by atoms with van der Waals surface area (Å²) in [6, 6.07) is 14.0. The molecule has 2 aromatic rings. The smallest absolute Gasteiger partial charge is 0.224 e. The average Bonchev–Trinajstić information content (AvgIpc) is 2.47. The Labute approximate surface area is 126 Å². The van der Waals surface area contributed by atoms with E-state index in [1.807, 2.05) is 56.3 Å². The third kappa shape index (κ3) is 4.35. The van der Waals surface area contributed by atoms with E-state index in [-0.39, 0.29) is 5.91 Å². The summed E-state index contributed by atoms with van der Waals surface area (Å²) in [6.45, 7) is 4.59. The number of hydrogen-bond donors (Lipinski definition) is 1. The van der Waals surface area contributed by atoms with Crippen molar-refractivity contribution in [3.63, 3.8) is 0 Å². The van der Waals surface area contributed by atoms with Crippen LogP contribution in [-0.4, -0.2) is 13.0 Å². The van der Waals surface area contributed by atoms with Crippen LogP contribution in [0.4, 0.5) is 0 Å². The van der Waals surface area contributed by atoms with Crippen molar-refractivity contribution in [2.24, 2.45) is 0 Å². The molecule has 0 heterocycles. The van der Waals surface area contributed by atoms with E-state index < -0.39 is 0 Å². The largest absolute Gasteiger partial charge is 0.496 e. The number of nitrogens with one attached hydrogen (secondary N) is 1. The van der Waals surface area contributed by atoms with E-state index in [0.717, 1.165) is 22.4 Å². The second-order valence-corrected chi connectivity index (χ2v) is 5.24. The molecule has 110 valence electrons. The van der Waals surface area contributed by atoms with Gasteiger partial charge >= 0.3 is 0 Å². The molecule has 0 aromatic heterocycles. The SMILES string of the molecule is COc1ccc(CC(=O)NCc2ccc(C)cc2)cc1C. The third-order valence-corrected chi connectivity index (χ3v) is 3.43. The zero-order chi connectivity index (χ0) is 15.2. The first-order valence-corrected chi connectivity index (χ1v) is 7.04. The summed E-state index contributed by atoms with van der Waals surface area (Å²) in [5.41, 5.74) is 4.37. The molecule has 0 aliphatic heterocycles. The van der Waals surface area contributed by atoms with Gasteiger partial charge in [-0.3, -0.25) is 4.79 Å². The van der Waals surface area contributed by atoms with E-state index in [1.54, 1.807) is 7.11 Å². The molecule has 2 rings (SSSR count). The van der Waals surface area contributed by atoms with Gasteiger partial charge in [-0.2, -0.15) is 0 Å². The van der Waals surface area contributed by atoms with Gasteiger partial charge in [-0.05, 0) is 36.6 Å². The molecular weight excluding hydrogens is 262 g/mol. The molecule has 0 spiro atoms. The Hall–Kier alpha value is -2.29. The van der Waals surface area contributed by atoms with Gasteiger partial charge in [0.15, 0.2) is 0 Å². The van der Waals surface area contributed by atoms with Crippen molar-refractivity contribution in [3.8, 4) is 5.75 Å². The summed E-state index contributed by atoms with van der Waals surface area (Å²) < 4.78 is 5.22. The van der Waals surface area contributed by atoms with Crippen LogP contribution >= 0.6 is 0 Å². The molecule has 0 saturated heterocycles. The van der Waals surface area contributed by atoms with Gasteiger partial charge in [0.1, 0.15) is 5.75 Å². The second-order valence-electron chi connectivity index (χ2n) is 5.24. The first kappa shape index (κ1) is 15.1. The normalized spacial score (nSPS) is 10.2. The van der Waals surface area contributed by atoms with E-state index in [0.29, 0.717) is 13.0 Å². The molecule has 1 amide bonds. The molecule has 0 aliphatic rings. The van der Waals surface area contributed by atoms with Gasteiger partial charge in [-0.1, -0.05) is 42.0 Å². The Kier molecular flexibility index (Phi) is 4.99. The van der Waals surface area contributed by atoms with Gasteiger partial charge in [-0.15, -0.1) is 0 Å². The first-order valence-electron chi connectivity index (χ1n) is 7.04. The number of methoxy groups -OCH3 is 1. The van der Waals surface area contributed by atoms with E-state index in [9.17, 15) is 4.79 Å². The Morgan fingerprint density at radius 3 is 2.33 bits per heavy atom. The highest BCUT2D eigenvalue weighted by atomic mass is 16.5. The van der Waals surface area contributed by atoms with Crippen molar-refractivity contribution in [3.05, 3.63) is 64.7 Å². The molecule has 1 N–H and O–H groups in total. The van der Waals surface area contributed by atoms with Crippen molar-refractivity contribution in [1.82, 2.24) is 5.32 Å². The van der Waals surface area contributed by atoms with Gasteiger partial charge in [0, 0.05) is 6.54 Å². The van der Waals surface area contributed by atoms with Crippen molar-refractivity contribution >= 4 is 5.91 Å². The Morgan fingerprint density at radius 2 is 1.71 bits per heavy atom. The molecule has 2 aromatic carbocycles. The average molecular weight is 283 g/mol. The van der Waals surface area contributed by atoms with Gasteiger partial charge in [0.2, 0.25) is 5.91 Å². The van der Waals surface area contributed by atoms with E-state index >= 15 is 0 Å². The lowest BCUT2D eigenvalue weighted by Crippen LogP contribution is -2.24. The van der Waals surface area contributed by atoms with Crippen molar-refractivity contribution < 1.29 is 9.53 Å². The third-order valence-electron chi connectivity index (χ3n) is 3.43. The van der Waals surface area contributed by atoms with Crippen LogP contribution in [0.1, 0.15) is 22.3 Å². The predicted molar refractivity (Wildman–Crippen MR) is 84.5 cm³/mol. The maximum atomic E-state index is 12.0. The number of aryl methyl sites for hydroxylation is 2. The number of rotatable bonds is 5. The molecule has 0 aliphatic carbocycles. The minimum atomic E-state index is 0.0279. The quantitative estimate of drug-likeness (QED) is 0.915. The zero-order valence-corrected chi connectivity index (χ0v) is 12.8. The van der Waals surface area contributed by atoms with Crippen LogP contribution in [0.15, 0.2) is 42.5 Å². The Balaban J connectivity index is 1.89. The van der Waals surface area contributed by atoms with Crippen molar-refractivity contribution in [1.29, 1.82) is 0 Å². The molecule has 0 unspecified atom stereocenters. The maximum absolute atomic E-state index is 12.0. The fourth-order valence-electron chi connectivity index (χ4n) is 2.20. The zero-order valence-electron chi connectivity index (χ0n) is 12.8. The summed E-state index contributed by atoms with van der Waals surface area (Å²) in [5, 5.41) is 2.94. The second kappa shape index (κ2) is 6.93. The lowest BCUT2D eigenvalue weighted by Gasteiger charge is -2.08. The molecule has 0 fully saturated rings. The van der Waals surface area contributed by atoms with Gasteiger partial charge in [0.05, 0.1) is 13.5 Å². The first-order chi connectivity index (χ1) is 10.1. The van der Waals surface area contributed by atoms with Crippen molar-refractivity contribution in [2.45, 2.75) is 26.8 Å². The van der Waals surface area contributed by atoms with Crippen LogP contribution in [0.25, 0.3) is 0 Å². The number of carbonyl (C=O) groups is 1. The topological polar surface area (TPSA) is 38.3 Å². The Bertz CT molecular complexity index is 618. The highest BCUT2D eigenvalue weighted by Gasteiger charge is 2.05. The minimum absolute atomic E-state index is 0.0279. The molecule has 0 bridgehead atoms. The summed E-state index contributed by atoms with van der Waals surface area (Å²) >= 11 is 0. The summed E-state index contributed by atoms with van der Waals surface area (Å²) in [4.78, 5) is 12.0. The molecule has 0 saturated carbocycles. The van der Waals surface area contributed by atoms with Crippen LogP contribution in [-0.2, 0) is 17.8 Å². The fourth-order valence-corrected chi connectivity index (χ4v) is 2.20. The summed E-state index contributed by atoms with van der Waals surface area (Å²) in [5.74, 6) is 0.874. The standard InChI is InChI=1S/C18H21NO2/c1-13-4-6-15(7-5-13)12-19-18(20)11-16-8-9-17(21-3)14(2)10-16/h4-10H,11-12H2,1-3H3,(H,19,20). The number of benzene rings is 2. The van der Waals surface area contributed by atoms with E-state index in [1.165, 1.54) is 5.56 Å². The van der Waals surface area contributed by atoms with Crippen LogP contribution in [0.5, 0.6) is 5.75 Å². The molecule has 0 atom stereocenters.